The van der Waals surface area contributed by atoms with Gasteiger partial charge >= 0.3 is 5.97 Å². The normalized spacial score (nSPS) is 19.3. The van der Waals surface area contributed by atoms with Gasteiger partial charge in [0.05, 0.1) is 6.04 Å². The van der Waals surface area contributed by atoms with Gasteiger partial charge in [0.15, 0.2) is 6.10 Å². The van der Waals surface area contributed by atoms with Gasteiger partial charge in [0.25, 0.3) is 0 Å². The summed E-state index contributed by atoms with van der Waals surface area (Å²) in [6.07, 6.45) is -0.755. The molecule has 2 aromatic rings. The van der Waals surface area contributed by atoms with Gasteiger partial charge in [-0.2, -0.15) is 0 Å². The van der Waals surface area contributed by atoms with Gasteiger partial charge < -0.3 is 20.7 Å². The smallest absolute Gasteiger partial charge is 0.344 e. The van der Waals surface area contributed by atoms with Crippen molar-refractivity contribution in [2.24, 2.45) is 5.73 Å². The molecule has 27 heavy (non-hydrogen) atoms. The van der Waals surface area contributed by atoms with Crippen LogP contribution in [-0.4, -0.2) is 28.1 Å². The summed E-state index contributed by atoms with van der Waals surface area (Å²) in [6.45, 7) is 1.90. The van der Waals surface area contributed by atoms with Crippen molar-refractivity contribution in [3.05, 3.63) is 64.7 Å². The molecule has 1 heterocycles. The van der Waals surface area contributed by atoms with Crippen LogP contribution in [0.1, 0.15) is 54.3 Å². The zero-order valence-electron chi connectivity index (χ0n) is 15.0. The van der Waals surface area contributed by atoms with Gasteiger partial charge in [-0.05, 0) is 29.7 Å². The minimum Gasteiger partial charge on any atom is -0.479 e. The third-order valence-corrected chi connectivity index (χ3v) is 4.65. The van der Waals surface area contributed by atoms with Gasteiger partial charge in [0.2, 0.25) is 0 Å². The first-order valence-corrected chi connectivity index (χ1v) is 8.83. The van der Waals surface area contributed by atoms with E-state index >= 15 is 0 Å². The van der Waals surface area contributed by atoms with Crippen LogP contribution in [0.25, 0.3) is 0 Å². The summed E-state index contributed by atoms with van der Waals surface area (Å²) in [5.74, 6) is -0.653. The van der Waals surface area contributed by atoms with E-state index in [4.69, 9.17) is 15.9 Å². The molecule has 0 amide bonds. The monoisotopic (exact) mass is 369 g/mol. The van der Waals surface area contributed by atoms with E-state index in [0.717, 1.165) is 11.1 Å². The molecule has 0 spiro atoms. The van der Waals surface area contributed by atoms with Crippen molar-refractivity contribution in [3.63, 3.8) is 0 Å². The number of benzene rings is 2. The van der Waals surface area contributed by atoms with E-state index in [9.17, 15) is 15.0 Å². The molecule has 2 aromatic carbocycles. The second kappa shape index (κ2) is 7.77. The highest BCUT2D eigenvalue weighted by Crippen LogP contribution is 2.39. The Hall–Kier alpha value is -2.90. The number of carbonyl (C=O) groups is 1. The molecule has 142 valence electrons. The number of carboxylic acids is 1. The number of nitrogen functional groups attached to an aromatic ring is 1. The van der Waals surface area contributed by atoms with Crippen LogP contribution in [0.4, 0.5) is 0 Å². The van der Waals surface area contributed by atoms with Crippen LogP contribution >= 0.6 is 0 Å². The molecule has 0 aromatic heterocycles. The lowest BCUT2D eigenvalue weighted by Crippen LogP contribution is -2.26. The van der Waals surface area contributed by atoms with Crippen molar-refractivity contribution in [1.82, 2.24) is 5.32 Å². The molecule has 0 saturated carbocycles. The van der Waals surface area contributed by atoms with E-state index in [1.54, 1.807) is 24.3 Å². The Bertz CT molecular complexity index is 868. The Balaban J connectivity index is 1.93. The van der Waals surface area contributed by atoms with Crippen molar-refractivity contribution in [1.29, 1.82) is 5.41 Å². The number of aliphatic hydroxyl groups excluding tert-OH is 1. The fourth-order valence-corrected chi connectivity index (χ4v) is 3.37. The van der Waals surface area contributed by atoms with Crippen LogP contribution in [0.2, 0.25) is 0 Å². The average molecular weight is 369 g/mol. The van der Waals surface area contributed by atoms with Crippen LogP contribution in [0.5, 0.6) is 5.75 Å². The Kier molecular flexibility index (Phi) is 5.43. The van der Waals surface area contributed by atoms with E-state index in [0.29, 0.717) is 29.7 Å². The second-order valence-corrected chi connectivity index (χ2v) is 6.53. The number of rotatable bonds is 7. The van der Waals surface area contributed by atoms with Gasteiger partial charge in [-0.25, -0.2) is 4.79 Å². The summed E-state index contributed by atoms with van der Waals surface area (Å²) in [6, 6.07) is 12.1. The number of amidine groups is 1. The molecule has 0 saturated heterocycles. The molecule has 7 heteroatoms. The van der Waals surface area contributed by atoms with Crippen LogP contribution in [0.3, 0.4) is 0 Å². The molecule has 3 unspecified atom stereocenters. The van der Waals surface area contributed by atoms with Crippen molar-refractivity contribution in [2.75, 3.05) is 0 Å². The van der Waals surface area contributed by atoms with E-state index in [-0.39, 0.29) is 11.9 Å². The Morgan fingerprint density at radius 3 is 2.67 bits per heavy atom. The number of aliphatic carboxylic acids is 1. The summed E-state index contributed by atoms with van der Waals surface area (Å²) >= 11 is 0. The molecular weight excluding hydrogens is 346 g/mol. The summed E-state index contributed by atoms with van der Waals surface area (Å²) < 4.78 is 5.60. The number of nitrogens with one attached hydrogen (secondary N) is 2. The standard InChI is InChI=1S/C20H23N3O4/c1-2-5-16(20(25)26)27-11-8-9-13-15(10-11)19(24)23-17(13)12-6-3-4-7-14(12)18(21)22/h3-4,6-10,16-17,19,23-24H,2,5H2,1H3,(H3,21,22)(H,25,26). The van der Waals surface area contributed by atoms with Crippen molar-refractivity contribution < 1.29 is 19.7 Å². The summed E-state index contributed by atoms with van der Waals surface area (Å²) in [5, 5.41) is 30.6. The number of hydrogen-bond donors (Lipinski definition) is 5. The lowest BCUT2D eigenvalue weighted by atomic mass is 9.94. The number of fused-ring (bicyclic) bond motifs is 1. The topological polar surface area (TPSA) is 129 Å². The molecule has 0 fully saturated rings. The van der Waals surface area contributed by atoms with E-state index in [2.05, 4.69) is 5.32 Å². The third kappa shape index (κ3) is 3.79. The Morgan fingerprint density at radius 2 is 2.00 bits per heavy atom. The van der Waals surface area contributed by atoms with E-state index in [1.165, 1.54) is 0 Å². The minimum atomic E-state index is -1.01. The molecule has 3 rings (SSSR count). The predicted molar refractivity (Wildman–Crippen MR) is 101 cm³/mol. The number of nitrogens with two attached hydrogens (primary N) is 1. The number of aliphatic hydroxyl groups is 1. The lowest BCUT2D eigenvalue weighted by molar-refractivity contribution is -0.145. The largest absolute Gasteiger partial charge is 0.479 e. The van der Waals surface area contributed by atoms with Gasteiger partial charge in [-0.15, -0.1) is 0 Å². The third-order valence-electron chi connectivity index (χ3n) is 4.65. The first-order valence-electron chi connectivity index (χ1n) is 8.83. The number of carboxylic acid groups (broad SMARTS) is 1. The molecule has 1 aliphatic heterocycles. The molecule has 6 N–H and O–H groups in total. The fourth-order valence-electron chi connectivity index (χ4n) is 3.37. The molecular formula is C20H23N3O4. The Labute approximate surface area is 157 Å². The molecule has 1 aliphatic rings. The zero-order chi connectivity index (χ0) is 19.6. The SMILES string of the molecule is CCCC(Oc1ccc2c(c1)C(O)NC2c1ccccc1C(=N)N)C(=O)O. The van der Waals surface area contributed by atoms with Gasteiger partial charge in [0, 0.05) is 11.1 Å². The predicted octanol–water partition coefficient (Wildman–Crippen LogP) is 2.29. The maximum absolute atomic E-state index is 11.3. The highest BCUT2D eigenvalue weighted by atomic mass is 16.5. The quantitative estimate of drug-likeness (QED) is 0.376. The van der Waals surface area contributed by atoms with Crippen molar-refractivity contribution in [2.45, 2.75) is 38.1 Å². The maximum Gasteiger partial charge on any atom is 0.344 e. The lowest BCUT2D eigenvalue weighted by Gasteiger charge is -2.17. The van der Waals surface area contributed by atoms with Crippen LogP contribution < -0.4 is 15.8 Å². The van der Waals surface area contributed by atoms with Crippen LogP contribution in [0, 0.1) is 5.41 Å². The maximum atomic E-state index is 11.3. The number of hydrogen-bond acceptors (Lipinski definition) is 5. The molecule has 0 bridgehead atoms. The van der Waals surface area contributed by atoms with E-state index in [1.807, 2.05) is 25.1 Å². The van der Waals surface area contributed by atoms with Gasteiger partial charge in [0.1, 0.15) is 17.8 Å². The molecule has 0 radical (unpaired) electrons. The average Bonchev–Trinajstić information content (AvgIpc) is 2.97. The van der Waals surface area contributed by atoms with Gasteiger partial charge in [-0.3, -0.25) is 10.7 Å². The summed E-state index contributed by atoms with van der Waals surface area (Å²) in [4.78, 5) is 11.3. The zero-order valence-corrected chi connectivity index (χ0v) is 15.0. The first kappa shape index (κ1) is 18.9. The fraction of sp³-hybridized carbons (Fsp3) is 0.300. The molecule has 3 atom stereocenters. The molecule has 7 nitrogen and oxygen atoms in total. The second-order valence-electron chi connectivity index (χ2n) is 6.53. The first-order chi connectivity index (χ1) is 12.9. The molecule has 0 aliphatic carbocycles. The van der Waals surface area contributed by atoms with Crippen molar-refractivity contribution in [3.8, 4) is 5.75 Å². The van der Waals surface area contributed by atoms with Crippen LogP contribution in [-0.2, 0) is 4.79 Å². The van der Waals surface area contributed by atoms with Crippen molar-refractivity contribution >= 4 is 11.8 Å². The summed E-state index contributed by atoms with van der Waals surface area (Å²) in [5.41, 5.74) is 8.55. The number of ether oxygens (including phenoxy) is 1. The summed E-state index contributed by atoms with van der Waals surface area (Å²) in [7, 11) is 0. The van der Waals surface area contributed by atoms with Gasteiger partial charge in [-0.1, -0.05) is 43.7 Å². The van der Waals surface area contributed by atoms with E-state index < -0.39 is 18.3 Å². The Morgan fingerprint density at radius 1 is 1.26 bits per heavy atom. The highest BCUT2D eigenvalue weighted by molar-refractivity contribution is 5.96. The highest BCUT2D eigenvalue weighted by Gasteiger charge is 2.32. The minimum absolute atomic E-state index is 0.0424. The van der Waals surface area contributed by atoms with Crippen LogP contribution in [0.15, 0.2) is 42.5 Å².